The lowest BCUT2D eigenvalue weighted by atomic mass is 9.98. The highest BCUT2D eigenvalue weighted by Gasteiger charge is 2.47. The van der Waals surface area contributed by atoms with Crippen LogP contribution in [0, 0.1) is 0 Å². The molecular weight excluding hydrogens is 909 g/mol. The molecule has 0 amide bonds. The van der Waals surface area contributed by atoms with Crippen molar-refractivity contribution in [2.75, 3.05) is 33.0 Å². The monoisotopic (exact) mass is 1010 g/mol. The van der Waals surface area contributed by atoms with Crippen LogP contribution in [0.25, 0.3) is 0 Å². The van der Waals surface area contributed by atoms with Crippen LogP contribution in [0.5, 0.6) is 0 Å². The van der Waals surface area contributed by atoms with Crippen molar-refractivity contribution in [3.8, 4) is 0 Å². The SMILES string of the molecule is CC/C=C\C/C=C\C/C=C\C/C=C\CCCCCCC(=O)OC(COCCCCCCCCCCCCCCCCCCCCCC)COC1OC(COC2OC(CO)C(O)C(O)C2O)C(O)C(O)C1O. The molecule has 14 nitrogen and oxygen atoms in total. The molecule has 11 atom stereocenters. The van der Waals surface area contributed by atoms with Gasteiger partial charge in [0.15, 0.2) is 12.6 Å². The molecule has 2 rings (SSSR count). The van der Waals surface area contributed by atoms with Gasteiger partial charge in [0.1, 0.15) is 54.9 Å². The largest absolute Gasteiger partial charge is 0.457 e. The molecule has 71 heavy (non-hydrogen) atoms. The maximum absolute atomic E-state index is 13.0. The minimum atomic E-state index is -1.71. The molecule has 11 unspecified atom stereocenters. The molecule has 2 fully saturated rings. The Labute approximate surface area is 429 Å². The first-order valence-corrected chi connectivity index (χ1v) is 28.2. The van der Waals surface area contributed by atoms with E-state index in [2.05, 4.69) is 62.5 Å². The van der Waals surface area contributed by atoms with Gasteiger partial charge >= 0.3 is 5.97 Å². The molecular formula is C57H102O14. The zero-order chi connectivity index (χ0) is 51.6. The number of unbranched alkanes of at least 4 members (excludes halogenated alkanes) is 23. The van der Waals surface area contributed by atoms with Crippen LogP contribution in [0.15, 0.2) is 48.6 Å². The van der Waals surface area contributed by atoms with Crippen LogP contribution in [-0.4, -0.2) is 142 Å². The van der Waals surface area contributed by atoms with E-state index in [1.807, 2.05) is 0 Å². The second-order valence-corrected chi connectivity index (χ2v) is 19.7. The maximum atomic E-state index is 13.0. The number of hydrogen-bond donors (Lipinski definition) is 7. The predicted molar refractivity (Wildman–Crippen MR) is 279 cm³/mol. The third-order valence-electron chi connectivity index (χ3n) is 13.4. The van der Waals surface area contributed by atoms with Gasteiger partial charge in [-0.25, -0.2) is 0 Å². The number of esters is 1. The number of rotatable bonds is 45. The molecule has 2 saturated heterocycles. The van der Waals surface area contributed by atoms with E-state index in [1.165, 1.54) is 109 Å². The van der Waals surface area contributed by atoms with E-state index in [4.69, 9.17) is 28.4 Å². The normalized spacial score (nSPS) is 25.6. The first kappa shape index (κ1) is 65.1. The summed E-state index contributed by atoms with van der Waals surface area (Å²) in [5, 5.41) is 72.3. The van der Waals surface area contributed by atoms with E-state index in [1.54, 1.807) is 0 Å². The average Bonchev–Trinajstić information content (AvgIpc) is 3.37. The lowest BCUT2D eigenvalue weighted by Crippen LogP contribution is -2.61. The van der Waals surface area contributed by atoms with E-state index in [0.29, 0.717) is 13.0 Å². The van der Waals surface area contributed by atoms with Crippen LogP contribution in [0.1, 0.15) is 206 Å². The number of carbonyl (C=O) groups is 1. The van der Waals surface area contributed by atoms with Crippen LogP contribution < -0.4 is 0 Å². The molecule has 0 aromatic heterocycles. The van der Waals surface area contributed by atoms with E-state index in [0.717, 1.165) is 70.6 Å². The molecule has 2 heterocycles. The van der Waals surface area contributed by atoms with Crippen LogP contribution in [0.3, 0.4) is 0 Å². The molecule has 0 saturated carbocycles. The van der Waals surface area contributed by atoms with E-state index >= 15 is 0 Å². The Balaban J connectivity index is 1.73. The first-order chi connectivity index (χ1) is 34.6. The highest BCUT2D eigenvalue weighted by Crippen LogP contribution is 2.26. The number of allylic oxidation sites excluding steroid dienone is 8. The van der Waals surface area contributed by atoms with Gasteiger partial charge in [-0.2, -0.15) is 0 Å². The summed E-state index contributed by atoms with van der Waals surface area (Å²) >= 11 is 0. The summed E-state index contributed by atoms with van der Waals surface area (Å²) in [5.74, 6) is -0.397. The number of aliphatic hydroxyl groups is 7. The molecule has 0 aromatic carbocycles. The van der Waals surface area contributed by atoms with Gasteiger partial charge in [0, 0.05) is 13.0 Å². The molecule has 2 aliphatic heterocycles. The van der Waals surface area contributed by atoms with Gasteiger partial charge in [0.2, 0.25) is 0 Å². The summed E-state index contributed by atoms with van der Waals surface area (Å²) in [6.07, 6.45) is 36.0. The summed E-state index contributed by atoms with van der Waals surface area (Å²) in [6, 6.07) is 0. The van der Waals surface area contributed by atoms with Crippen molar-refractivity contribution >= 4 is 5.97 Å². The minimum absolute atomic E-state index is 0.0530. The molecule has 0 aliphatic carbocycles. The highest BCUT2D eigenvalue weighted by atomic mass is 16.7. The number of hydrogen-bond acceptors (Lipinski definition) is 14. The fourth-order valence-corrected chi connectivity index (χ4v) is 8.81. The lowest BCUT2D eigenvalue weighted by Gasteiger charge is -2.42. The molecule has 2 aliphatic rings. The second-order valence-electron chi connectivity index (χ2n) is 19.7. The van der Waals surface area contributed by atoms with Crippen molar-refractivity contribution in [1.82, 2.24) is 0 Å². The number of ether oxygens (including phenoxy) is 6. The molecule has 0 bridgehead atoms. The van der Waals surface area contributed by atoms with Crippen LogP contribution in [0.4, 0.5) is 0 Å². The van der Waals surface area contributed by atoms with Crippen molar-refractivity contribution < 1.29 is 69.0 Å². The molecule has 14 heteroatoms. The zero-order valence-electron chi connectivity index (χ0n) is 44.2. The predicted octanol–water partition coefficient (Wildman–Crippen LogP) is 9.52. The summed E-state index contributed by atoms with van der Waals surface area (Å²) in [6.45, 7) is 3.57. The standard InChI is InChI=1S/C57H102O14/c1-3-5-7-9-11-13-15-17-19-21-22-23-25-27-29-31-33-35-37-39-41-66-43-46(69-49(59)40-38-36-34-32-30-28-26-24-20-18-16-14-12-10-8-6-4-2)44-67-56-55(65)53(63)51(61)48(71-56)45-68-57-54(64)52(62)50(60)47(42-58)70-57/h6,8,12,14,18,20,26,28,46-48,50-58,60-65H,3-5,7,9-11,13,15-17,19,21-25,27,29-45H2,1-2H3/b8-6-,14-12-,20-18-,28-26-. The summed E-state index contributed by atoms with van der Waals surface area (Å²) in [4.78, 5) is 13.0. The molecule has 0 aromatic rings. The number of carbonyl (C=O) groups excluding carboxylic acids is 1. The Kier molecular flexibility index (Phi) is 40.6. The minimum Gasteiger partial charge on any atom is -0.457 e. The second kappa shape index (κ2) is 44.3. The lowest BCUT2D eigenvalue weighted by molar-refractivity contribution is -0.332. The topological polar surface area (TPSA) is 214 Å². The van der Waals surface area contributed by atoms with Crippen LogP contribution >= 0.6 is 0 Å². The third kappa shape index (κ3) is 31.4. The van der Waals surface area contributed by atoms with Gasteiger partial charge in [-0.1, -0.05) is 197 Å². The van der Waals surface area contributed by atoms with Crippen molar-refractivity contribution in [3.63, 3.8) is 0 Å². The maximum Gasteiger partial charge on any atom is 0.306 e. The van der Waals surface area contributed by atoms with Crippen LogP contribution in [-0.2, 0) is 33.2 Å². The van der Waals surface area contributed by atoms with Crippen molar-refractivity contribution in [2.45, 2.75) is 274 Å². The summed E-state index contributed by atoms with van der Waals surface area (Å²) in [7, 11) is 0. The van der Waals surface area contributed by atoms with Gasteiger partial charge in [0.25, 0.3) is 0 Å². The van der Waals surface area contributed by atoms with Gasteiger partial charge in [-0.3, -0.25) is 4.79 Å². The molecule has 7 N–H and O–H groups in total. The molecule has 0 spiro atoms. The van der Waals surface area contributed by atoms with Gasteiger partial charge in [-0.15, -0.1) is 0 Å². The highest BCUT2D eigenvalue weighted by molar-refractivity contribution is 5.69. The zero-order valence-corrected chi connectivity index (χ0v) is 44.2. The third-order valence-corrected chi connectivity index (χ3v) is 13.4. The van der Waals surface area contributed by atoms with Crippen LogP contribution in [0.2, 0.25) is 0 Å². The Bertz CT molecular complexity index is 1360. The van der Waals surface area contributed by atoms with Crippen molar-refractivity contribution in [2.24, 2.45) is 0 Å². The Morgan fingerprint density at radius 1 is 0.479 bits per heavy atom. The Hall–Kier alpha value is -2.05. The van der Waals surface area contributed by atoms with E-state index < -0.39 is 86.7 Å². The molecule has 414 valence electrons. The number of aliphatic hydroxyl groups excluding tert-OH is 7. The first-order valence-electron chi connectivity index (χ1n) is 28.2. The summed E-state index contributed by atoms with van der Waals surface area (Å²) in [5.41, 5.74) is 0. The fraction of sp³-hybridized carbons (Fsp3) is 0.842. The van der Waals surface area contributed by atoms with Crippen molar-refractivity contribution in [1.29, 1.82) is 0 Å². The van der Waals surface area contributed by atoms with Crippen molar-refractivity contribution in [3.05, 3.63) is 48.6 Å². The van der Waals surface area contributed by atoms with E-state index in [9.17, 15) is 40.5 Å². The average molecular weight is 1010 g/mol. The smallest absolute Gasteiger partial charge is 0.306 e. The Morgan fingerprint density at radius 3 is 1.44 bits per heavy atom. The van der Waals surface area contributed by atoms with Gasteiger partial charge in [-0.05, 0) is 51.4 Å². The quantitative estimate of drug-likeness (QED) is 0.0172. The fourth-order valence-electron chi connectivity index (χ4n) is 8.81. The Morgan fingerprint density at radius 2 is 0.915 bits per heavy atom. The van der Waals surface area contributed by atoms with Gasteiger partial charge in [0.05, 0.1) is 26.4 Å². The molecule has 0 radical (unpaired) electrons. The van der Waals surface area contributed by atoms with Gasteiger partial charge < -0.3 is 64.2 Å². The summed E-state index contributed by atoms with van der Waals surface area (Å²) < 4.78 is 34.3. The van der Waals surface area contributed by atoms with E-state index in [-0.39, 0.29) is 19.6 Å².